The molecule has 0 heterocycles. The Bertz CT molecular complexity index is 190. The van der Waals surface area contributed by atoms with Crippen LogP contribution in [0.15, 0.2) is 0 Å². The number of halogens is 2. The maximum Gasteiger partial charge on any atom is 0.332 e. The number of hydrogen-bond donors (Lipinski definition) is 1. The van der Waals surface area contributed by atoms with Gasteiger partial charge in [0.05, 0.1) is 0 Å². The molecule has 6 heteroatoms. The summed E-state index contributed by atoms with van der Waals surface area (Å²) in [6.07, 6.45) is 0. The van der Waals surface area contributed by atoms with Crippen molar-refractivity contribution in [3.05, 3.63) is 0 Å². The first-order chi connectivity index (χ1) is 6.32. The van der Waals surface area contributed by atoms with E-state index < -0.39 is 0 Å². The van der Waals surface area contributed by atoms with Gasteiger partial charge >= 0.3 is 6.03 Å². The van der Waals surface area contributed by atoms with Crippen LogP contribution in [0.1, 0.15) is 34.6 Å². The summed E-state index contributed by atoms with van der Waals surface area (Å²) in [7, 11) is 0. The van der Waals surface area contributed by atoms with Gasteiger partial charge in [-0.05, 0) is 34.6 Å². The molecule has 0 unspecified atom stereocenters. The minimum atomic E-state index is -0.287. The second-order valence-corrected chi connectivity index (χ2v) is 4.38. The summed E-state index contributed by atoms with van der Waals surface area (Å²) >= 11 is 5.88. The minimum Gasteiger partial charge on any atom is -0.324 e. The first kappa shape index (κ1) is 17.2. The smallest absolute Gasteiger partial charge is 0.324 e. The van der Waals surface area contributed by atoms with Crippen LogP contribution in [-0.4, -0.2) is 34.1 Å². The summed E-state index contributed by atoms with van der Waals surface area (Å²) in [6.45, 7) is 11.0. The lowest BCUT2D eigenvalue weighted by Gasteiger charge is -2.31. The van der Waals surface area contributed by atoms with Gasteiger partial charge in [0, 0.05) is 30.4 Å². The minimum absolute atomic E-state index is 0. The predicted molar refractivity (Wildman–Crippen MR) is 66.1 cm³/mol. The van der Waals surface area contributed by atoms with E-state index in [1.54, 1.807) is 4.90 Å². The fourth-order valence-corrected chi connectivity index (χ4v) is 0.906. The number of carbonyl (C=O) groups is 1. The number of amides is 2. The molecule has 0 rings (SSSR count). The Morgan fingerprint density at radius 2 is 1.67 bits per heavy atom. The van der Waals surface area contributed by atoms with Crippen molar-refractivity contribution in [2.24, 2.45) is 0 Å². The lowest BCUT2D eigenvalue weighted by molar-refractivity contribution is 0.151. The van der Waals surface area contributed by atoms with E-state index in [2.05, 4.69) is 5.43 Å². The Kier molecular flexibility index (Phi) is 8.20. The second kappa shape index (κ2) is 7.14. The van der Waals surface area contributed by atoms with Gasteiger partial charge in [0.15, 0.2) is 0 Å². The quantitative estimate of drug-likeness (QED) is 0.624. The van der Waals surface area contributed by atoms with Gasteiger partial charge in [-0.25, -0.2) is 4.79 Å². The maximum atomic E-state index is 11.6. The van der Waals surface area contributed by atoms with Gasteiger partial charge in [0.25, 0.3) is 0 Å². The summed E-state index contributed by atoms with van der Waals surface area (Å²) in [4.78, 5) is 13.2. The van der Waals surface area contributed by atoms with E-state index in [0.717, 1.165) is 0 Å². The normalized spacial score (nSPS) is 10.9. The molecule has 92 valence electrons. The third-order valence-electron chi connectivity index (χ3n) is 1.83. The molecule has 4 nitrogen and oxygen atoms in total. The number of rotatable bonds is 3. The zero-order valence-electron chi connectivity index (χ0n) is 10.0. The van der Waals surface area contributed by atoms with Gasteiger partial charge in [0.2, 0.25) is 0 Å². The Morgan fingerprint density at radius 1 is 1.27 bits per heavy atom. The topological polar surface area (TPSA) is 35.6 Å². The summed E-state index contributed by atoms with van der Waals surface area (Å²) in [6, 6.07) is -0.167. The highest BCUT2D eigenvalue weighted by Crippen LogP contribution is 2.12. The Balaban J connectivity index is 0. The molecule has 0 aliphatic carbocycles. The van der Waals surface area contributed by atoms with Gasteiger partial charge in [-0.15, -0.1) is 16.9 Å². The largest absolute Gasteiger partial charge is 0.332 e. The molecule has 2 amide bonds. The Hall–Kier alpha value is -0.190. The molecule has 0 aromatic carbocycles. The van der Waals surface area contributed by atoms with Crippen molar-refractivity contribution in [3.8, 4) is 0 Å². The van der Waals surface area contributed by atoms with Crippen molar-refractivity contribution < 1.29 is 4.79 Å². The molecule has 0 aromatic rings. The molecule has 0 aromatic heterocycles. The Morgan fingerprint density at radius 3 is 1.93 bits per heavy atom. The zero-order valence-corrected chi connectivity index (χ0v) is 11.6. The molecule has 0 atom stereocenters. The molecule has 0 aliphatic heterocycles. The maximum absolute atomic E-state index is 11.6. The third-order valence-corrected chi connectivity index (χ3v) is 2.43. The molecule has 0 spiro atoms. The van der Waals surface area contributed by atoms with E-state index in [1.165, 1.54) is 4.53 Å². The number of hydrogen-bond acceptors (Lipinski definition) is 2. The number of carbonyl (C=O) groups excluding carboxylic acids is 1. The molecule has 0 aliphatic rings. The molecule has 0 saturated heterocycles. The standard InChI is InChI=1S/C9H20ClN3O.ClH/c1-6-12(7-2)8(14)11-13(10)9(3,4)5;/h6-7H2,1-5H3,(H,11,14);1H. The number of hydrazine groups is 1. The van der Waals surface area contributed by atoms with Crippen LogP contribution in [0.5, 0.6) is 0 Å². The van der Waals surface area contributed by atoms with Gasteiger partial charge in [-0.2, -0.15) is 0 Å². The summed E-state index contributed by atoms with van der Waals surface area (Å²) in [5, 5.41) is 0. The average molecular weight is 258 g/mol. The van der Waals surface area contributed by atoms with E-state index >= 15 is 0 Å². The zero-order chi connectivity index (χ0) is 11.4. The van der Waals surface area contributed by atoms with Gasteiger partial charge in [-0.3, -0.25) is 5.43 Å². The van der Waals surface area contributed by atoms with Gasteiger partial charge in [-0.1, -0.05) is 0 Å². The summed E-state index contributed by atoms with van der Waals surface area (Å²) in [5.74, 6) is 0. The molecule has 0 bridgehead atoms. The first-order valence-corrected chi connectivity index (χ1v) is 5.18. The monoisotopic (exact) mass is 257 g/mol. The van der Waals surface area contributed by atoms with Crippen LogP contribution in [0.4, 0.5) is 4.79 Å². The van der Waals surface area contributed by atoms with Gasteiger partial charge in [0.1, 0.15) is 0 Å². The number of nitrogens with zero attached hydrogens (tertiary/aromatic N) is 2. The lowest BCUT2D eigenvalue weighted by atomic mass is 10.1. The fraction of sp³-hybridized carbons (Fsp3) is 0.889. The number of urea groups is 1. The first-order valence-electron chi connectivity index (χ1n) is 4.84. The molecule has 15 heavy (non-hydrogen) atoms. The fourth-order valence-electron chi connectivity index (χ4n) is 0.833. The van der Waals surface area contributed by atoms with E-state index in [4.69, 9.17) is 11.8 Å². The van der Waals surface area contributed by atoms with Crippen LogP contribution in [0.3, 0.4) is 0 Å². The van der Waals surface area contributed by atoms with Crippen molar-refractivity contribution in [3.63, 3.8) is 0 Å². The van der Waals surface area contributed by atoms with Crippen molar-refractivity contribution in [2.75, 3.05) is 13.1 Å². The SMILES string of the molecule is CCN(CC)C(=O)NN(Cl)C(C)(C)C.Cl. The number of nitrogens with one attached hydrogen (secondary N) is 1. The van der Waals surface area contributed by atoms with Crippen molar-refractivity contribution >= 4 is 30.2 Å². The van der Waals surface area contributed by atoms with E-state index in [0.29, 0.717) is 13.1 Å². The third kappa shape index (κ3) is 6.07. The van der Waals surface area contributed by atoms with E-state index in [9.17, 15) is 4.79 Å². The van der Waals surface area contributed by atoms with Crippen molar-refractivity contribution in [2.45, 2.75) is 40.2 Å². The molecule has 0 fully saturated rings. The van der Waals surface area contributed by atoms with Crippen LogP contribution in [0.2, 0.25) is 0 Å². The molecular formula is C9H21Cl2N3O. The summed E-state index contributed by atoms with van der Waals surface area (Å²) in [5.41, 5.74) is 2.32. The lowest BCUT2D eigenvalue weighted by Crippen LogP contribution is -2.51. The molecule has 0 radical (unpaired) electrons. The highest BCUT2D eigenvalue weighted by Gasteiger charge is 2.22. The highest BCUT2D eigenvalue weighted by molar-refractivity contribution is 6.14. The van der Waals surface area contributed by atoms with Crippen LogP contribution in [0, 0.1) is 0 Å². The van der Waals surface area contributed by atoms with Gasteiger partial charge < -0.3 is 4.90 Å². The predicted octanol–water partition coefficient (Wildman–Crippen LogP) is 2.63. The van der Waals surface area contributed by atoms with Crippen LogP contribution >= 0.6 is 24.2 Å². The molecular weight excluding hydrogens is 237 g/mol. The molecule has 1 N–H and O–H groups in total. The van der Waals surface area contributed by atoms with Crippen LogP contribution < -0.4 is 5.43 Å². The average Bonchev–Trinajstić information content (AvgIpc) is 2.04. The van der Waals surface area contributed by atoms with Crippen LogP contribution in [-0.2, 0) is 0 Å². The van der Waals surface area contributed by atoms with E-state index in [1.807, 2.05) is 34.6 Å². The molecule has 0 saturated carbocycles. The van der Waals surface area contributed by atoms with Crippen molar-refractivity contribution in [1.82, 2.24) is 14.9 Å². The Labute approximate surface area is 103 Å². The van der Waals surface area contributed by atoms with E-state index in [-0.39, 0.29) is 24.0 Å². The van der Waals surface area contributed by atoms with Crippen molar-refractivity contribution in [1.29, 1.82) is 0 Å². The van der Waals surface area contributed by atoms with Crippen LogP contribution in [0.25, 0.3) is 0 Å². The second-order valence-electron chi connectivity index (χ2n) is 4.04. The highest BCUT2D eigenvalue weighted by atomic mass is 35.5. The summed E-state index contributed by atoms with van der Waals surface area (Å²) < 4.78 is 1.30.